The van der Waals surface area contributed by atoms with Crippen LogP contribution >= 0.6 is 22.6 Å². The quantitative estimate of drug-likeness (QED) is 0.476. The van der Waals surface area contributed by atoms with Gasteiger partial charge in [0, 0.05) is 8.96 Å². The molecule has 0 aromatic carbocycles. The van der Waals surface area contributed by atoms with Crippen LogP contribution < -0.4 is 5.48 Å². The third kappa shape index (κ3) is 7.31. The molecule has 0 heterocycles. The van der Waals surface area contributed by atoms with Gasteiger partial charge in [-0.1, -0.05) is 36.4 Å². The Hall–Kier alpha value is 0.650. The van der Waals surface area contributed by atoms with E-state index in [1.165, 1.54) is 6.42 Å². The van der Waals surface area contributed by atoms with Crippen molar-refractivity contribution in [3.8, 4) is 0 Å². The van der Waals surface area contributed by atoms with Gasteiger partial charge in [-0.2, -0.15) is 5.48 Å². The lowest BCUT2D eigenvalue weighted by Gasteiger charge is -2.27. The van der Waals surface area contributed by atoms with Crippen LogP contribution in [0.25, 0.3) is 0 Å². The van der Waals surface area contributed by atoms with E-state index in [0.29, 0.717) is 3.42 Å². The molecule has 2 nitrogen and oxygen atoms in total. The molecule has 0 atom stereocenters. The van der Waals surface area contributed by atoms with E-state index in [0.717, 1.165) is 6.42 Å². The monoisotopic (exact) mass is 285 g/mol. The van der Waals surface area contributed by atoms with Crippen molar-refractivity contribution >= 4 is 22.6 Å². The van der Waals surface area contributed by atoms with Crippen molar-refractivity contribution in [2.45, 2.75) is 49.5 Å². The molecule has 74 valence electrons. The van der Waals surface area contributed by atoms with Crippen molar-refractivity contribution in [2.24, 2.45) is 0 Å². The van der Waals surface area contributed by atoms with Crippen molar-refractivity contribution in [1.29, 1.82) is 0 Å². The minimum absolute atomic E-state index is 0.0805. The Morgan fingerprint density at radius 2 is 1.67 bits per heavy atom. The lowest BCUT2D eigenvalue weighted by atomic mass is 9.95. The Bertz CT molecular complexity index is 129. The normalized spacial score (nSPS) is 13.5. The third-order valence-electron chi connectivity index (χ3n) is 1.72. The molecule has 0 bridgehead atoms. The fraction of sp³-hybridized carbons (Fsp3) is 1.00. The van der Waals surface area contributed by atoms with Crippen LogP contribution in [0, 0.1) is 0 Å². The van der Waals surface area contributed by atoms with E-state index < -0.39 is 0 Å². The van der Waals surface area contributed by atoms with Crippen LogP contribution in [0.15, 0.2) is 0 Å². The van der Waals surface area contributed by atoms with E-state index in [1.807, 2.05) is 0 Å². The van der Waals surface area contributed by atoms with Gasteiger partial charge in [0.1, 0.15) is 0 Å². The smallest absolute Gasteiger partial charge is 0.0572 e. The van der Waals surface area contributed by atoms with Gasteiger partial charge in [0.2, 0.25) is 0 Å². The summed E-state index contributed by atoms with van der Waals surface area (Å²) in [6.45, 7) is 8.80. The molecule has 0 aliphatic rings. The predicted molar refractivity (Wildman–Crippen MR) is 61.6 cm³/mol. The molecular formula is C9H20INO. The van der Waals surface area contributed by atoms with Gasteiger partial charge in [-0.05, 0) is 26.7 Å². The van der Waals surface area contributed by atoms with Gasteiger partial charge in [-0.15, -0.1) is 0 Å². The van der Waals surface area contributed by atoms with Crippen LogP contribution in [0.1, 0.15) is 40.5 Å². The second kappa shape index (κ2) is 4.77. The minimum Gasteiger partial charge on any atom is -0.305 e. The zero-order valence-corrected chi connectivity index (χ0v) is 10.9. The third-order valence-corrected chi connectivity index (χ3v) is 2.26. The van der Waals surface area contributed by atoms with Gasteiger partial charge >= 0.3 is 0 Å². The average Bonchev–Trinajstić information content (AvgIpc) is 1.83. The second-order valence-electron chi connectivity index (χ2n) is 4.41. The molecule has 0 radical (unpaired) electrons. The molecule has 0 aromatic rings. The van der Waals surface area contributed by atoms with Gasteiger partial charge in [-0.3, -0.25) is 0 Å². The number of hydroxylamine groups is 1. The Kier molecular flexibility index (Phi) is 5.02. The molecular weight excluding hydrogens is 265 g/mol. The lowest BCUT2D eigenvalue weighted by Crippen LogP contribution is -2.39. The molecule has 3 heteroatoms. The molecule has 0 amide bonds. The maximum absolute atomic E-state index is 4.92. The summed E-state index contributed by atoms with van der Waals surface area (Å²) < 4.78 is 0.379. The molecule has 12 heavy (non-hydrogen) atoms. The fourth-order valence-corrected chi connectivity index (χ4v) is 1.21. The van der Waals surface area contributed by atoms with Crippen molar-refractivity contribution < 1.29 is 4.84 Å². The summed E-state index contributed by atoms with van der Waals surface area (Å²) in [6, 6.07) is 0. The second-order valence-corrected chi connectivity index (χ2v) is 7.33. The molecule has 0 aromatic heterocycles. The number of hydrogen-bond acceptors (Lipinski definition) is 2. The summed E-state index contributed by atoms with van der Waals surface area (Å²) in [6.07, 6.45) is 2.31. The van der Waals surface area contributed by atoms with E-state index in [4.69, 9.17) is 4.84 Å². The molecule has 0 fully saturated rings. The Morgan fingerprint density at radius 1 is 1.17 bits per heavy atom. The molecule has 0 rings (SSSR count). The number of hydrogen-bond donors (Lipinski definition) is 1. The van der Waals surface area contributed by atoms with Crippen molar-refractivity contribution in [1.82, 2.24) is 5.48 Å². The fourth-order valence-electron chi connectivity index (χ4n) is 0.937. The Balaban J connectivity index is 3.75. The van der Waals surface area contributed by atoms with Crippen LogP contribution in [0.4, 0.5) is 0 Å². The van der Waals surface area contributed by atoms with Crippen molar-refractivity contribution in [3.63, 3.8) is 0 Å². The number of nitrogens with one attached hydrogen (secondary N) is 1. The molecule has 0 aliphatic heterocycles. The SMILES string of the molecule is CONC(C)(C)CCC(C)(C)I. The molecule has 0 unspecified atom stereocenters. The van der Waals surface area contributed by atoms with E-state index in [-0.39, 0.29) is 5.54 Å². The first-order chi connectivity index (χ1) is 5.27. The van der Waals surface area contributed by atoms with Crippen LogP contribution in [0.2, 0.25) is 0 Å². The topological polar surface area (TPSA) is 21.3 Å². The minimum atomic E-state index is 0.0805. The van der Waals surface area contributed by atoms with Crippen LogP contribution in [-0.2, 0) is 4.84 Å². The highest BCUT2D eigenvalue weighted by molar-refractivity contribution is 14.1. The first-order valence-electron chi connectivity index (χ1n) is 4.26. The lowest BCUT2D eigenvalue weighted by molar-refractivity contribution is 0.0224. The zero-order valence-electron chi connectivity index (χ0n) is 8.70. The maximum Gasteiger partial charge on any atom is 0.0572 e. The summed E-state index contributed by atoms with van der Waals surface area (Å²) in [5.41, 5.74) is 3.07. The number of rotatable bonds is 5. The maximum atomic E-state index is 4.92. The van der Waals surface area contributed by atoms with Crippen LogP contribution in [-0.4, -0.2) is 16.1 Å². The van der Waals surface area contributed by atoms with E-state index in [1.54, 1.807) is 7.11 Å². The number of alkyl halides is 1. The van der Waals surface area contributed by atoms with Crippen molar-refractivity contribution in [2.75, 3.05) is 7.11 Å². The van der Waals surface area contributed by atoms with Crippen LogP contribution in [0.3, 0.4) is 0 Å². The molecule has 0 saturated heterocycles. The first-order valence-corrected chi connectivity index (χ1v) is 5.34. The van der Waals surface area contributed by atoms with E-state index in [2.05, 4.69) is 55.8 Å². The van der Waals surface area contributed by atoms with Gasteiger partial charge in [0.15, 0.2) is 0 Å². The zero-order chi connectivity index (χ0) is 9.83. The molecule has 0 spiro atoms. The van der Waals surface area contributed by atoms with Gasteiger partial charge in [0.25, 0.3) is 0 Å². The highest BCUT2D eigenvalue weighted by Crippen LogP contribution is 2.26. The van der Waals surface area contributed by atoms with Gasteiger partial charge in [-0.25, -0.2) is 0 Å². The first kappa shape index (κ1) is 12.7. The standard InChI is InChI=1S/C9H20INO/c1-8(2,10)6-7-9(3,4)11-12-5/h11H,6-7H2,1-5H3. The van der Waals surface area contributed by atoms with E-state index >= 15 is 0 Å². The molecule has 0 aliphatic carbocycles. The Morgan fingerprint density at radius 3 is 2.00 bits per heavy atom. The summed E-state index contributed by atoms with van der Waals surface area (Å²) >= 11 is 2.48. The summed E-state index contributed by atoms with van der Waals surface area (Å²) in [7, 11) is 1.66. The Labute approximate surface area is 89.5 Å². The predicted octanol–water partition coefficient (Wildman–Crippen LogP) is 2.91. The molecule has 1 N–H and O–H groups in total. The number of halogens is 1. The average molecular weight is 285 g/mol. The highest BCUT2D eigenvalue weighted by Gasteiger charge is 2.21. The molecule has 0 saturated carbocycles. The van der Waals surface area contributed by atoms with Crippen molar-refractivity contribution in [3.05, 3.63) is 0 Å². The van der Waals surface area contributed by atoms with E-state index in [9.17, 15) is 0 Å². The summed E-state index contributed by atoms with van der Waals surface area (Å²) in [5.74, 6) is 0. The van der Waals surface area contributed by atoms with Crippen LogP contribution in [0.5, 0.6) is 0 Å². The largest absolute Gasteiger partial charge is 0.305 e. The summed E-state index contributed by atoms with van der Waals surface area (Å²) in [5, 5.41) is 0. The van der Waals surface area contributed by atoms with Gasteiger partial charge in [0.05, 0.1) is 7.11 Å². The highest BCUT2D eigenvalue weighted by atomic mass is 127. The summed E-state index contributed by atoms with van der Waals surface area (Å²) in [4.78, 5) is 4.92. The van der Waals surface area contributed by atoms with Gasteiger partial charge < -0.3 is 4.84 Å².